The van der Waals surface area contributed by atoms with Crippen LogP contribution in [-0.4, -0.2) is 40.8 Å². The molecule has 0 unspecified atom stereocenters. The van der Waals surface area contributed by atoms with Crippen LogP contribution in [-0.2, 0) is 4.74 Å². The number of ether oxygens (including phenoxy) is 1. The summed E-state index contributed by atoms with van der Waals surface area (Å²) in [6.45, 7) is 6.74. The van der Waals surface area contributed by atoms with E-state index in [1.54, 1.807) is 0 Å². The second-order valence-corrected chi connectivity index (χ2v) is 6.67. The van der Waals surface area contributed by atoms with Crippen LogP contribution < -0.4 is 5.32 Å². The Morgan fingerprint density at radius 3 is 2.65 bits per heavy atom. The van der Waals surface area contributed by atoms with Crippen LogP contribution >= 0.6 is 0 Å². The summed E-state index contributed by atoms with van der Waals surface area (Å²) in [7, 11) is 0. The van der Waals surface area contributed by atoms with Crippen molar-refractivity contribution < 1.29 is 9.53 Å². The lowest BCUT2D eigenvalue weighted by Crippen LogP contribution is -2.61. The van der Waals surface area contributed by atoms with Crippen molar-refractivity contribution in [3.63, 3.8) is 0 Å². The standard InChI is InChI=1S/C13H22N2O2/c1-12(2,3)17-11(16)15-9-4-5-10(15)13(6-7-13)14-8-9/h9-10,14H,4-8H2,1-3H3/t9-,10+/m0/s1. The molecule has 4 heteroatoms. The topological polar surface area (TPSA) is 41.6 Å². The minimum absolute atomic E-state index is 0.113. The van der Waals surface area contributed by atoms with Crippen LogP contribution in [0, 0.1) is 0 Å². The predicted molar refractivity (Wildman–Crippen MR) is 64.9 cm³/mol. The number of fused-ring (bicyclic) bond motifs is 3. The van der Waals surface area contributed by atoms with Gasteiger partial charge in [-0.3, -0.25) is 4.90 Å². The van der Waals surface area contributed by atoms with E-state index in [-0.39, 0.29) is 11.6 Å². The molecule has 2 heterocycles. The van der Waals surface area contributed by atoms with Crippen LogP contribution in [0.15, 0.2) is 0 Å². The first kappa shape index (κ1) is 11.3. The Morgan fingerprint density at radius 2 is 2.06 bits per heavy atom. The molecular formula is C13H22N2O2. The maximum Gasteiger partial charge on any atom is 0.410 e. The van der Waals surface area contributed by atoms with Crippen molar-refractivity contribution >= 4 is 6.09 Å². The lowest BCUT2D eigenvalue weighted by Gasteiger charge is -2.41. The number of nitrogens with zero attached hydrogens (tertiary/aromatic N) is 1. The van der Waals surface area contributed by atoms with Gasteiger partial charge in [0.05, 0.1) is 6.04 Å². The number of amides is 1. The molecule has 2 aliphatic heterocycles. The molecule has 3 aliphatic rings. The molecule has 1 aliphatic carbocycles. The largest absolute Gasteiger partial charge is 0.444 e. The quantitative estimate of drug-likeness (QED) is 0.700. The SMILES string of the molecule is CC(C)(C)OC(=O)N1[C@H]2CC[C@@H]1C1(CC1)NC2. The Balaban J connectivity index is 1.77. The zero-order valence-corrected chi connectivity index (χ0v) is 11.0. The molecule has 0 aromatic carbocycles. The molecule has 17 heavy (non-hydrogen) atoms. The Bertz CT molecular complexity index is 344. The molecule has 2 atom stereocenters. The molecule has 3 fully saturated rings. The number of carbonyl (C=O) groups is 1. The third-order valence-corrected chi connectivity index (χ3v) is 4.22. The van der Waals surface area contributed by atoms with Gasteiger partial charge in [-0.15, -0.1) is 0 Å². The highest BCUT2D eigenvalue weighted by atomic mass is 16.6. The molecule has 1 saturated carbocycles. The second-order valence-electron chi connectivity index (χ2n) is 6.67. The monoisotopic (exact) mass is 238 g/mol. The van der Waals surface area contributed by atoms with Gasteiger partial charge < -0.3 is 10.1 Å². The molecule has 0 aromatic heterocycles. The van der Waals surface area contributed by atoms with E-state index >= 15 is 0 Å². The molecule has 3 rings (SSSR count). The van der Waals surface area contributed by atoms with E-state index in [2.05, 4.69) is 5.32 Å². The molecule has 4 nitrogen and oxygen atoms in total. The van der Waals surface area contributed by atoms with Crippen LogP contribution in [0.5, 0.6) is 0 Å². The highest BCUT2D eigenvalue weighted by Crippen LogP contribution is 2.49. The van der Waals surface area contributed by atoms with E-state index in [1.165, 1.54) is 12.8 Å². The van der Waals surface area contributed by atoms with Crippen molar-refractivity contribution in [3.8, 4) is 0 Å². The maximum absolute atomic E-state index is 12.3. The van der Waals surface area contributed by atoms with Crippen molar-refractivity contribution in [2.45, 2.75) is 69.7 Å². The van der Waals surface area contributed by atoms with Gasteiger partial charge >= 0.3 is 6.09 Å². The third-order valence-electron chi connectivity index (χ3n) is 4.22. The summed E-state index contributed by atoms with van der Waals surface area (Å²) in [6.07, 6.45) is 4.57. The molecule has 96 valence electrons. The Kier molecular flexibility index (Phi) is 2.25. The van der Waals surface area contributed by atoms with E-state index in [0.717, 1.165) is 19.4 Å². The van der Waals surface area contributed by atoms with Gasteiger partial charge in [-0.25, -0.2) is 4.79 Å². The number of hydrogen-bond donors (Lipinski definition) is 1. The summed E-state index contributed by atoms with van der Waals surface area (Å²) in [5.74, 6) is 0. The minimum Gasteiger partial charge on any atom is -0.444 e. The van der Waals surface area contributed by atoms with E-state index in [0.29, 0.717) is 12.1 Å². The Hall–Kier alpha value is -0.770. The predicted octanol–water partition coefficient (Wildman–Crippen LogP) is 1.89. The fourth-order valence-electron chi connectivity index (χ4n) is 3.30. The van der Waals surface area contributed by atoms with Gasteiger partial charge in [0, 0.05) is 18.1 Å². The fraction of sp³-hybridized carbons (Fsp3) is 0.923. The highest BCUT2D eigenvalue weighted by Gasteiger charge is 2.59. The third kappa shape index (κ3) is 1.82. The molecule has 1 amide bonds. The number of hydrogen-bond acceptors (Lipinski definition) is 3. The maximum atomic E-state index is 12.3. The van der Waals surface area contributed by atoms with Gasteiger partial charge in [0.25, 0.3) is 0 Å². The van der Waals surface area contributed by atoms with Crippen molar-refractivity contribution in [1.29, 1.82) is 0 Å². The minimum atomic E-state index is -0.391. The summed E-state index contributed by atoms with van der Waals surface area (Å²) < 4.78 is 5.54. The van der Waals surface area contributed by atoms with Crippen molar-refractivity contribution in [1.82, 2.24) is 10.2 Å². The molecule has 2 saturated heterocycles. The smallest absolute Gasteiger partial charge is 0.410 e. The number of nitrogens with one attached hydrogen (secondary N) is 1. The van der Waals surface area contributed by atoms with Crippen LogP contribution in [0.4, 0.5) is 4.79 Å². The molecular weight excluding hydrogens is 216 g/mol. The van der Waals surface area contributed by atoms with E-state index in [4.69, 9.17) is 4.74 Å². The molecule has 2 bridgehead atoms. The fourth-order valence-corrected chi connectivity index (χ4v) is 3.30. The van der Waals surface area contributed by atoms with Crippen LogP contribution in [0.1, 0.15) is 46.5 Å². The van der Waals surface area contributed by atoms with E-state index < -0.39 is 5.60 Å². The number of rotatable bonds is 0. The van der Waals surface area contributed by atoms with Crippen molar-refractivity contribution in [3.05, 3.63) is 0 Å². The van der Waals surface area contributed by atoms with Crippen LogP contribution in [0.25, 0.3) is 0 Å². The Labute approximate surface area is 103 Å². The van der Waals surface area contributed by atoms with E-state index in [1.807, 2.05) is 25.7 Å². The van der Waals surface area contributed by atoms with Crippen LogP contribution in [0.3, 0.4) is 0 Å². The van der Waals surface area contributed by atoms with Gasteiger partial charge in [-0.05, 0) is 46.5 Å². The van der Waals surface area contributed by atoms with E-state index in [9.17, 15) is 4.79 Å². The summed E-state index contributed by atoms with van der Waals surface area (Å²) in [5, 5.41) is 3.63. The first-order valence-corrected chi connectivity index (χ1v) is 6.68. The number of piperazine rings is 1. The van der Waals surface area contributed by atoms with Gasteiger partial charge in [0.15, 0.2) is 0 Å². The average molecular weight is 238 g/mol. The first-order valence-electron chi connectivity index (χ1n) is 6.68. The molecule has 1 spiro atoms. The first-order chi connectivity index (χ1) is 7.91. The van der Waals surface area contributed by atoms with Gasteiger partial charge in [0.2, 0.25) is 0 Å². The molecule has 1 N–H and O–H groups in total. The lowest BCUT2D eigenvalue weighted by atomic mass is 10.0. The van der Waals surface area contributed by atoms with Crippen molar-refractivity contribution in [2.24, 2.45) is 0 Å². The average Bonchev–Trinajstić information content (AvgIpc) is 2.89. The van der Waals surface area contributed by atoms with Gasteiger partial charge in [-0.2, -0.15) is 0 Å². The molecule has 0 radical (unpaired) electrons. The van der Waals surface area contributed by atoms with Gasteiger partial charge in [0.1, 0.15) is 5.60 Å². The number of carbonyl (C=O) groups excluding carboxylic acids is 1. The summed E-state index contributed by atoms with van der Waals surface area (Å²) >= 11 is 0. The van der Waals surface area contributed by atoms with Gasteiger partial charge in [-0.1, -0.05) is 0 Å². The molecule has 0 aromatic rings. The lowest BCUT2D eigenvalue weighted by molar-refractivity contribution is 0.00204. The second kappa shape index (κ2) is 3.37. The Morgan fingerprint density at radius 1 is 1.35 bits per heavy atom. The van der Waals surface area contributed by atoms with Crippen LogP contribution in [0.2, 0.25) is 0 Å². The zero-order chi connectivity index (χ0) is 12.3. The summed E-state index contributed by atoms with van der Waals surface area (Å²) in [6, 6.07) is 0.720. The summed E-state index contributed by atoms with van der Waals surface area (Å²) in [4.78, 5) is 14.3. The van der Waals surface area contributed by atoms with Crippen molar-refractivity contribution in [2.75, 3.05) is 6.54 Å². The highest BCUT2D eigenvalue weighted by molar-refractivity contribution is 5.70. The summed E-state index contributed by atoms with van der Waals surface area (Å²) in [5.41, 5.74) is -0.151. The zero-order valence-electron chi connectivity index (χ0n) is 11.0. The normalized spacial score (nSPS) is 33.9.